The summed E-state index contributed by atoms with van der Waals surface area (Å²) in [6.07, 6.45) is 3.43. The number of aryl methyl sites for hydroxylation is 1. The molecule has 0 atom stereocenters. The summed E-state index contributed by atoms with van der Waals surface area (Å²) < 4.78 is 7.02. The van der Waals surface area contributed by atoms with Crippen molar-refractivity contribution in [2.75, 3.05) is 12.4 Å². The van der Waals surface area contributed by atoms with Crippen molar-refractivity contribution in [1.29, 1.82) is 0 Å². The number of imidazole rings is 1. The molecule has 0 unspecified atom stereocenters. The van der Waals surface area contributed by atoms with Gasteiger partial charge in [0.15, 0.2) is 0 Å². The number of methoxy groups -OCH3 is 1. The Morgan fingerprint density at radius 2 is 2.16 bits per heavy atom. The molecule has 2 heterocycles. The highest BCUT2D eigenvalue weighted by molar-refractivity contribution is 6.03. The summed E-state index contributed by atoms with van der Waals surface area (Å²) in [7, 11) is 1.61. The number of rotatable bonds is 5. The van der Waals surface area contributed by atoms with Crippen molar-refractivity contribution in [2.45, 2.75) is 26.8 Å². The van der Waals surface area contributed by atoms with Crippen molar-refractivity contribution >= 4 is 11.6 Å². The van der Waals surface area contributed by atoms with Gasteiger partial charge < -0.3 is 15.0 Å². The first-order valence-electron chi connectivity index (χ1n) is 8.04. The molecule has 2 aromatic heterocycles. The molecule has 0 fully saturated rings. The number of anilines is 1. The monoisotopic (exact) mass is 339 g/mol. The molecule has 0 saturated heterocycles. The van der Waals surface area contributed by atoms with E-state index in [0.717, 1.165) is 11.3 Å². The minimum absolute atomic E-state index is 0.234. The number of aromatic amines is 1. The lowest BCUT2D eigenvalue weighted by Crippen LogP contribution is -2.13. The van der Waals surface area contributed by atoms with Gasteiger partial charge in [0.05, 0.1) is 19.0 Å². The highest BCUT2D eigenvalue weighted by Gasteiger charge is 2.17. The van der Waals surface area contributed by atoms with E-state index in [4.69, 9.17) is 4.74 Å². The van der Waals surface area contributed by atoms with Gasteiger partial charge in [-0.25, -0.2) is 4.98 Å². The highest BCUT2D eigenvalue weighted by Crippen LogP contribution is 2.23. The Morgan fingerprint density at radius 1 is 1.36 bits per heavy atom. The lowest BCUT2D eigenvalue weighted by molar-refractivity contribution is 0.102. The molecule has 25 heavy (non-hydrogen) atoms. The van der Waals surface area contributed by atoms with Crippen LogP contribution in [-0.4, -0.2) is 32.8 Å². The average molecular weight is 339 g/mol. The fourth-order valence-electron chi connectivity index (χ4n) is 2.46. The molecule has 130 valence electrons. The minimum Gasteiger partial charge on any atom is -0.497 e. The van der Waals surface area contributed by atoms with Crippen LogP contribution in [0.15, 0.2) is 36.7 Å². The number of hydrogen-bond donors (Lipinski definition) is 2. The Balaban J connectivity index is 1.82. The SMILES string of the molecule is COc1cccc(-c2nc(C(=O)Nc3cnn(C(C)C)c3)c(C)[nH]2)c1. The number of amides is 1. The third-order valence-electron chi connectivity index (χ3n) is 3.83. The molecule has 1 aromatic carbocycles. The maximum Gasteiger partial charge on any atom is 0.276 e. The second-order valence-electron chi connectivity index (χ2n) is 6.05. The smallest absolute Gasteiger partial charge is 0.276 e. The van der Waals surface area contributed by atoms with Gasteiger partial charge in [-0.1, -0.05) is 12.1 Å². The summed E-state index contributed by atoms with van der Waals surface area (Å²) in [6, 6.07) is 7.75. The van der Waals surface area contributed by atoms with Crippen LogP contribution in [-0.2, 0) is 0 Å². The quantitative estimate of drug-likeness (QED) is 0.746. The lowest BCUT2D eigenvalue weighted by atomic mass is 10.2. The van der Waals surface area contributed by atoms with Crippen LogP contribution in [0.4, 0.5) is 5.69 Å². The summed E-state index contributed by atoms with van der Waals surface area (Å²) in [5.74, 6) is 1.09. The molecule has 0 spiro atoms. The van der Waals surface area contributed by atoms with E-state index >= 15 is 0 Å². The number of benzene rings is 1. The predicted molar refractivity (Wildman–Crippen MR) is 95.9 cm³/mol. The number of nitrogens with zero attached hydrogens (tertiary/aromatic N) is 3. The molecular formula is C18H21N5O2. The second kappa shape index (κ2) is 6.80. The third kappa shape index (κ3) is 3.55. The van der Waals surface area contributed by atoms with Crippen LogP contribution in [0.3, 0.4) is 0 Å². The lowest BCUT2D eigenvalue weighted by Gasteiger charge is -2.03. The van der Waals surface area contributed by atoms with E-state index in [9.17, 15) is 4.79 Å². The first kappa shape index (κ1) is 16.8. The van der Waals surface area contributed by atoms with Crippen molar-refractivity contribution in [3.63, 3.8) is 0 Å². The van der Waals surface area contributed by atoms with E-state index in [1.54, 1.807) is 24.2 Å². The summed E-state index contributed by atoms with van der Waals surface area (Å²) in [5.41, 5.74) is 2.56. The molecule has 7 nitrogen and oxygen atoms in total. The number of carbonyl (C=O) groups excluding carboxylic acids is 1. The molecule has 1 amide bonds. The standard InChI is InChI=1S/C18H21N5O2/c1-11(2)23-10-14(9-19-23)21-18(24)16-12(3)20-17(22-16)13-6-5-7-15(8-13)25-4/h5-11H,1-4H3,(H,20,22)(H,21,24). The molecule has 0 bridgehead atoms. The molecule has 0 aliphatic rings. The first-order valence-corrected chi connectivity index (χ1v) is 8.04. The summed E-state index contributed by atoms with van der Waals surface area (Å²) >= 11 is 0. The number of carbonyl (C=O) groups is 1. The van der Waals surface area contributed by atoms with Gasteiger partial charge in [0.2, 0.25) is 0 Å². The third-order valence-corrected chi connectivity index (χ3v) is 3.83. The van der Waals surface area contributed by atoms with Gasteiger partial charge in [0, 0.05) is 23.5 Å². The van der Waals surface area contributed by atoms with Gasteiger partial charge in [0.25, 0.3) is 5.91 Å². The number of H-pyrrole nitrogens is 1. The van der Waals surface area contributed by atoms with Gasteiger partial charge >= 0.3 is 0 Å². The molecule has 3 rings (SSSR count). The summed E-state index contributed by atoms with van der Waals surface area (Å²) in [4.78, 5) is 20.1. The predicted octanol–water partition coefficient (Wildman–Crippen LogP) is 3.42. The normalized spacial score (nSPS) is 10.9. The van der Waals surface area contributed by atoms with Crippen LogP contribution < -0.4 is 10.1 Å². The minimum atomic E-state index is -0.272. The molecule has 0 radical (unpaired) electrons. The molecule has 3 aromatic rings. The van der Waals surface area contributed by atoms with Crippen molar-refractivity contribution in [2.24, 2.45) is 0 Å². The topological polar surface area (TPSA) is 84.8 Å². The number of aromatic nitrogens is 4. The van der Waals surface area contributed by atoms with Gasteiger partial charge in [-0.3, -0.25) is 9.48 Å². The number of hydrogen-bond acceptors (Lipinski definition) is 4. The molecule has 0 saturated carbocycles. The van der Waals surface area contributed by atoms with Crippen LogP contribution >= 0.6 is 0 Å². The Bertz CT molecular complexity index is 895. The van der Waals surface area contributed by atoms with E-state index in [1.165, 1.54) is 0 Å². The van der Waals surface area contributed by atoms with Crippen LogP contribution in [0.5, 0.6) is 5.75 Å². The maximum absolute atomic E-state index is 12.5. The largest absolute Gasteiger partial charge is 0.497 e. The summed E-state index contributed by atoms with van der Waals surface area (Å²) in [5, 5.41) is 7.05. The second-order valence-corrected chi connectivity index (χ2v) is 6.05. The maximum atomic E-state index is 12.5. The van der Waals surface area contributed by atoms with Crippen LogP contribution in [0.2, 0.25) is 0 Å². The van der Waals surface area contributed by atoms with E-state index in [2.05, 4.69) is 20.4 Å². The molecule has 7 heteroatoms. The van der Waals surface area contributed by atoms with Crippen molar-refractivity contribution in [3.05, 3.63) is 48.0 Å². The zero-order chi connectivity index (χ0) is 18.0. The Morgan fingerprint density at radius 3 is 2.84 bits per heavy atom. The zero-order valence-corrected chi connectivity index (χ0v) is 14.7. The first-order chi connectivity index (χ1) is 12.0. The Hall–Kier alpha value is -3.09. The number of ether oxygens (including phenoxy) is 1. The van der Waals surface area contributed by atoms with Crippen molar-refractivity contribution in [1.82, 2.24) is 19.7 Å². The zero-order valence-electron chi connectivity index (χ0n) is 14.7. The van der Waals surface area contributed by atoms with Crippen LogP contribution in [0, 0.1) is 6.92 Å². The van der Waals surface area contributed by atoms with Gasteiger partial charge in [0.1, 0.15) is 17.3 Å². The van der Waals surface area contributed by atoms with Crippen LogP contribution in [0.25, 0.3) is 11.4 Å². The van der Waals surface area contributed by atoms with E-state index in [0.29, 0.717) is 22.9 Å². The average Bonchev–Trinajstić information content (AvgIpc) is 3.21. The molecule has 0 aliphatic carbocycles. The summed E-state index contributed by atoms with van der Waals surface area (Å²) in [6.45, 7) is 5.87. The number of nitrogens with one attached hydrogen (secondary N) is 2. The fraction of sp³-hybridized carbons (Fsp3) is 0.278. The van der Waals surface area contributed by atoms with Gasteiger partial charge in [-0.2, -0.15) is 5.10 Å². The molecule has 2 N–H and O–H groups in total. The highest BCUT2D eigenvalue weighted by atomic mass is 16.5. The van der Waals surface area contributed by atoms with Gasteiger partial charge in [-0.15, -0.1) is 0 Å². The van der Waals surface area contributed by atoms with Gasteiger partial charge in [-0.05, 0) is 32.9 Å². The van der Waals surface area contributed by atoms with Crippen molar-refractivity contribution < 1.29 is 9.53 Å². The Kier molecular flexibility index (Phi) is 4.56. The fourth-order valence-corrected chi connectivity index (χ4v) is 2.46. The molecule has 0 aliphatic heterocycles. The van der Waals surface area contributed by atoms with E-state index in [1.807, 2.05) is 45.0 Å². The van der Waals surface area contributed by atoms with Crippen LogP contribution in [0.1, 0.15) is 36.1 Å². The van der Waals surface area contributed by atoms with E-state index < -0.39 is 0 Å². The Labute approximate surface area is 146 Å². The van der Waals surface area contributed by atoms with E-state index in [-0.39, 0.29) is 11.9 Å². The molecular weight excluding hydrogens is 318 g/mol. The van der Waals surface area contributed by atoms with Crippen molar-refractivity contribution in [3.8, 4) is 17.1 Å².